The molecule has 0 aliphatic carbocycles. The highest BCUT2D eigenvalue weighted by molar-refractivity contribution is 9.10. The van der Waals surface area contributed by atoms with Gasteiger partial charge < -0.3 is 14.5 Å². The lowest BCUT2D eigenvalue weighted by Gasteiger charge is -2.32. The van der Waals surface area contributed by atoms with E-state index in [1.807, 2.05) is 41.3 Å². The molecule has 1 heterocycles. The van der Waals surface area contributed by atoms with Crippen molar-refractivity contribution in [1.29, 1.82) is 0 Å². The first-order chi connectivity index (χ1) is 12.2. The second-order valence-electron chi connectivity index (χ2n) is 6.44. The predicted molar refractivity (Wildman–Crippen MR) is 102 cm³/mol. The quantitative estimate of drug-likeness (QED) is 0.827. The van der Waals surface area contributed by atoms with Gasteiger partial charge in [0.2, 0.25) is 5.91 Å². The second kappa shape index (κ2) is 8.50. The summed E-state index contributed by atoms with van der Waals surface area (Å²) in [4.78, 5) is 16.0. The van der Waals surface area contributed by atoms with Gasteiger partial charge in [-0.05, 0) is 39.7 Å². The molecule has 25 heavy (non-hydrogen) atoms. The van der Waals surface area contributed by atoms with Crippen LogP contribution in [0.1, 0.15) is 11.1 Å². The van der Waals surface area contributed by atoms with E-state index in [1.54, 1.807) is 7.11 Å². The Labute approximate surface area is 157 Å². The van der Waals surface area contributed by atoms with E-state index in [4.69, 9.17) is 4.74 Å². The number of piperazine rings is 1. The van der Waals surface area contributed by atoms with E-state index in [9.17, 15) is 4.79 Å². The van der Waals surface area contributed by atoms with Crippen LogP contribution in [0.4, 0.5) is 0 Å². The highest BCUT2D eigenvalue weighted by Crippen LogP contribution is 2.25. The highest BCUT2D eigenvalue weighted by atomic mass is 79.9. The fraction of sp³-hybridized carbons (Fsp3) is 0.350. The molecule has 1 fully saturated rings. The van der Waals surface area contributed by atoms with Crippen molar-refractivity contribution in [3.8, 4) is 5.75 Å². The number of nitrogens with zero attached hydrogens (tertiary/aromatic N) is 1. The van der Waals surface area contributed by atoms with E-state index in [1.165, 1.54) is 10.5 Å². The molecule has 132 valence electrons. The Morgan fingerprint density at radius 3 is 2.48 bits per heavy atom. The van der Waals surface area contributed by atoms with Gasteiger partial charge in [0, 0.05) is 5.56 Å². The molecule has 0 radical (unpaired) electrons. The van der Waals surface area contributed by atoms with E-state index < -0.39 is 0 Å². The van der Waals surface area contributed by atoms with Crippen molar-refractivity contribution in [2.45, 2.75) is 13.0 Å². The Morgan fingerprint density at radius 1 is 1.12 bits per heavy atom. The summed E-state index contributed by atoms with van der Waals surface area (Å²) < 4.78 is 6.27. The van der Waals surface area contributed by atoms with Crippen molar-refractivity contribution < 1.29 is 14.4 Å². The number of rotatable bonds is 5. The van der Waals surface area contributed by atoms with Gasteiger partial charge in [-0.3, -0.25) is 4.79 Å². The molecule has 0 atom stereocenters. The number of methoxy groups -OCH3 is 1. The molecule has 5 heteroatoms. The molecule has 4 nitrogen and oxygen atoms in total. The molecule has 3 rings (SSSR count). The minimum atomic E-state index is 0.234. The van der Waals surface area contributed by atoms with Crippen molar-refractivity contribution in [1.82, 2.24) is 4.90 Å². The molecule has 1 aliphatic heterocycles. The molecule has 1 amide bonds. The summed E-state index contributed by atoms with van der Waals surface area (Å²) in [5.74, 6) is 1.09. The van der Waals surface area contributed by atoms with E-state index in [-0.39, 0.29) is 5.91 Å². The fourth-order valence-electron chi connectivity index (χ4n) is 3.24. The average Bonchev–Trinajstić information content (AvgIpc) is 2.63. The number of carbonyl (C=O) groups is 1. The Balaban J connectivity index is 1.50. The maximum atomic E-state index is 12.4. The zero-order valence-corrected chi connectivity index (χ0v) is 16.1. The molecule has 2 aromatic rings. The normalized spacial score (nSPS) is 15.2. The Bertz CT molecular complexity index is 713. The monoisotopic (exact) mass is 403 g/mol. The first-order valence-electron chi connectivity index (χ1n) is 8.63. The van der Waals surface area contributed by atoms with Gasteiger partial charge in [0.15, 0.2) is 0 Å². The summed E-state index contributed by atoms with van der Waals surface area (Å²) in [6.07, 6.45) is 0.502. The molecule has 1 N–H and O–H groups in total. The van der Waals surface area contributed by atoms with Gasteiger partial charge in [-0.15, -0.1) is 0 Å². The van der Waals surface area contributed by atoms with Crippen LogP contribution in [0, 0.1) is 0 Å². The number of hydrogen-bond donors (Lipinski definition) is 1. The highest BCUT2D eigenvalue weighted by Gasteiger charge is 2.23. The number of hydrogen-bond acceptors (Lipinski definition) is 2. The maximum absolute atomic E-state index is 12.4. The van der Waals surface area contributed by atoms with Gasteiger partial charge in [-0.25, -0.2) is 0 Å². The van der Waals surface area contributed by atoms with Crippen molar-refractivity contribution in [3.63, 3.8) is 0 Å². The average molecular weight is 404 g/mol. The fourth-order valence-corrected chi connectivity index (χ4v) is 3.83. The standard InChI is InChI=1S/C20H23BrN2O2/c1-25-19-8-7-17(13-18(19)21)15-22-9-11-23(12-10-22)20(24)14-16-5-3-2-4-6-16/h2-8,13H,9-12,14-15H2,1H3/p+1. The lowest BCUT2D eigenvalue weighted by atomic mass is 10.1. The van der Waals surface area contributed by atoms with Gasteiger partial charge in [0.1, 0.15) is 12.3 Å². The largest absolute Gasteiger partial charge is 0.496 e. The molecule has 1 aliphatic rings. The van der Waals surface area contributed by atoms with Crippen LogP contribution in [0.3, 0.4) is 0 Å². The molecule has 0 aromatic heterocycles. The van der Waals surface area contributed by atoms with Crippen molar-refractivity contribution >= 4 is 21.8 Å². The van der Waals surface area contributed by atoms with Crippen LogP contribution < -0.4 is 9.64 Å². The predicted octanol–water partition coefficient (Wildman–Crippen LogP) is 1.93. The van der Waals surface area contributed by atoms with Crippen LogP contribution in [-0.2, 0) is 17.8 Å². The van der Waals surface area contributed by atoms with Gasteiger partial charge in [0.05, 0.1) is 44.2 Å². The van der Waals surface area contributed by atoms with Gasteiger partial charge in [-0.1, -0.05) is 30.3 Å². The zero-order valence-electron chi connectivity index (χ0n) is 14.5. The Kier molecular flexibility index (Phi) is 6.10. The van der Waals surface area contributed by atoms with Crippen LogP contribution in [0.15, 0.2) is 53.0 Å². The molecular weight excluding hydrogens is 380 g/mol. The third-order valence-electron chi connectivity index (χ3n) is 4.69. The molecule has 0 unspecified atom stereocenters. The first-order valence-corrected chi connectivity index (χ1v) is 9.42. The first kappa shape index (κ1) is 18.0. The number of amides is 1. The number of ether oxygens (including phenoxy) is 1. The minimum Gasteiger partial charge on any atom is -0.496 e. The summed E-state index contributed by atoms with van der Waals surface area (Å²) in [6, 6.07) is 16.2. The molecular formula is C20H24BrN2O2+. The third-order valence-corrected chi connectivity index (χ3v) is 5.31. The van der Waals surface area contributed by atoms with E-state index in [0.29, 0.717) is 6.42 Å². The lowest BCUT2D eigenvalue weighted by molar-refractivity contribution is -0.917. The maximum Gasteiger partial charge on any atom is 0.227 e. The number of nitrogens with one attached hydrogen (secondary N) is 1. The number of quaternary nitrogens is 1. The van der Waals surface area contributed by atoms with Gasteiger partial charge >= 0.3 is 0 Å². The minimum absolute atomic E-state index is 0.234. The van der Waals surface area contributed by atoms with Gasteiger partial charge in [-0.2, -0.15) is 0 Å². The SMILES string of the molecule is COc1ccc(C[NH+]2CCN(C(=O)Cc3ccccc3)CC2)cc1Br. The molecule has 0 bridgehead atoms. The van der Waals surface area contributed by atoms with Crippen LogP contribution in [0.5, 0.6) is 5.75 Å². The number of carbonyl (C=O) groups excluding carboxylic acids is 1. The summed E-state index contributed by atoms with van der Waals surface area (Å²) >= 11 is 3.55. The lowest BCUT2D eigenvalue weighted by Crippen LogP contribution is -3.13. The molecule has 0 saturated carbocycles. The summed E-state index contributed by atoms with van der Waals surface area (Å²) in [6.45, 7) is 4.62. The van der Waals surface area contributed by atoms with E-state index in [2.05, 4.69) is 28.1 Å². The van der Waals surface area contributed by atoms with Crippen LogP contribution >= 0.6 is 15.9 Å². The van der Waals surface area contributed by atoms with Gasteiger partial charge in [0.25, 0.3) is 0 Å². The molecule has 1 saturated heterocycles. The van der Waals surface area contributed by atoms with E-state index >= 15 is 0 Å². The van der Waals surface area contributed by atoms with E-state index in [0.717, 1.165) is 48.5 Å². The molecule has 2 aromatic carbocycles. The summed E-state index contributed by atoms with van der Waals surface area (Å²) in [7, 11) is 1.68. The molecule has 0 spiro atoms. The summed E-state index contributed by atoms with van der Waals surface area (Å²) in [5.41, 5.74) is 2.37. The number of benzene rings is 2. The number of halogens is 1. The summed E-state index contributed by atoms with van der Waals surface area (Å²) in [5, 5.41) is 0. The second-order valence-corrected chi connectivity index (χ2v) is 7.29. The van der Waals surface area contributed by atoms with Crippen LogP contribution in [-0.4, -0.2) is 44.1 Å². The van der Waals surface area contributed by atoms with Crippen molar-refractivity contribution in [2.75, 3.05) is 33.3 Å². The van der Waals surface area contributed by atoms with Crippen LogP contribution in [0.25, 0.3) is 0 Å². The van der Waals surface area contributed by atoms with Crippen molar-refractivity contribution in [2.24, 2.45) is 0 Å². The topological polar surface area (TPSA) is 34.0 Å². The Morgan fingerprint density at radius 2 is 1.84 bits per heavy atom. The van der Waals surface area contributed by atoms with Crippen molar-refractivity contribution in [3.05, 3.63) is 64.1 Å². The Hall–Kier alpha value is -1.85. The van der Waals surface area contributed by atoms with Crippen LogP contribution in [0.2, 0.25) is 0 Å². The third kappa shape index (κ3) is 4.83. The smallest absolute Gasteiger partial charge is 0.227 e. The zero-order chi connectivity index (χ0) is 17.6.